The van der Waals surface area contributed by atoms with E-state index < -0.39 is 0 Å². The molecule has 2 rings (SSSR count). The van der Waals surface area contributed by atoms with Crippen molar-refractivity contribution < 1.29 is 14.3 Å². The zero-order valence-electron chi connectivity index (χ0n) is 13.0. The number of benzene rings is 1. The molecule has 0 spiro atoms. The number of rotatable bonds is 3. The first-order valence-electron chi connectivity index (χ1n) is 7.66. The standard InChI is InChI=1S/C17H23NO3/c1-4-16(19)21-15-10-8-14(9-11-15)17(20)18-12(2)6-5-7-13(18)3/h8-13H,4-7H2,1-3H3/t12-,13-/m0/s1. The number of likely N-dealkylation sites (tertiary alicyclic amines) is 1. The molecule has 0 radical (unpaired) electrons. The maximum Gasteiger partial charge on any atom is 0.310 e. The van der Waals surface area contributed by atoms with Gasteiger partial charge in [0.2, 0.25) is 0 Å². The quantitative estimate of drug-likeness (QED) is 0.633. The monoisotopic (exact) mass is 289 g/mol. The normalized spacial score (nSPS) is 22.0. The summed E-state index contributed by atoms with van der Waals surface area (Å²) in [6, 6.07) is 7.38. The Morgan fingerprint density at radius 2 is 1.71 bits per heavy atom. The van der Waals surface area contributed by atoms with Crippen LogP contribution in [0.3, 0.4) is 0 Å². The lowest BCUT2D eigenvalue weighted by Gasteiger charge is -2.39. The van der Waals surface area contributed by atoms with E-state index in [0.29, 0.717) is 17.7 Å². The molecule has 1 heterocycles. The van der Waals surface area contributed by atoms with Gasteiger partial charge in [0.25, 0.3) is 5.91 Å². The second-order valence-electron chi connectivity index (χ2n) is 5.69. The summed E-state index contributed by atoms with van der Waals surface area (Å²) in [6.45, 7) is 5.95. The van der Waals surface area contributed by atoms with E-state index in [1.54, 1.807) is 31.2 Å². The Morgan fingerprint density at radius 1 is 1.14 bits per heavy atom. The van der Waals surface area contributed by atoms with Gasteiger partial charge in [0.15, 0.2) is 0 Å². The van der Waals surface area contributed by atoms with Crippen LogP contribution in [0.1, 0.15) is 56.8 Å². The number of carbonyl (C=O) groups excluding carboxylic acids is 2. The molecule has 1 saturated heterocycles. The van der Waals surface area contributed by atoms with Crippen molar-refractivity contribution in [1.29, 1.82) is 0 Å². The van der Waals surface area contributed by atoms with Gasteiger partial charge in [0.05, 0.1) is 0 Å². The summed E-state index contributed by atoms with van der Waals surface area (Å²) in [4.78, 5) is 25.8. The first-order valence-corrected chi connectivity index (χ1v) is 7.66. The number of carbonyl (C=O) groups is 2. The molecule has 0 aromatic heterocycles. The summed E-state index contributed by atoms with van der Waals surface area (Å²) >= 11 is 0. The molecule has 1 aliphatic rings. The van der Waals surface area contributed by atoms with Crippen LogP contribution in [-0.4, -0.2) is 28.9 Å². The Balaban J connectivity index is 2.10. The number of hydrogen-bond donors (Lipinski definition) is 0. The molecule has 0 bridgehead atoms. The zero-order valence-corrected chi connectivity index (χ0v) is 13.0. The third-order valence-electron chi connectivity index (χ3n) is 4.05. The fraction of sp³-hybridized carbons (Fsp3) is 0.529. The smallest absolute Gasteiger partial charge is 0.310 e. The van der Waals surface area contributed by atoms with E-state index in [1.807, 2.05) is 4.90 Å². The molecule has 1 aromatic carbocycles. The van der Waals surface area contributed by atoms with Crippen LogP contribution in [0.2, 0.25) is 0 Å². The van der Waals surface area contributed by atoms with Crippen molar-refractivity contribution in [2.24, 2.45) is 0 Å². The predicted molar refractivity (Wildman–Crippen MR) is 81.3 cm³/mol. The van der Waals surface area contributed by atoms with E-state index in [2.05, 4.69) is 13.8 Å². The Kier molecular flexibility index (Phi) is 4.99. The second-order valence-corrected chi connectivity index (χ2v) is 5.69. The van der Waals surface area contributed by atoms with Gasteiger partial charge in [0, 0.05) is 24.1 Å². The first kappa shape index (κ1) is 15.5. The molecule has 0 unspecified atom stereocenters. The largest absolute Gasteiger partial charge is 0.427 e. The zero-order chi connectivity index (χ0) is 15.4. The maximum atomic E-state index is 12.6. The average Bonchev–Trinajstić information content (AvgIpc) is 2.47. The average molecular weight is 289 g/mol. The van der Waals surface area contributed by atoms with Crippen molar-refractivity contribution in [3.8, 4) is 5.75 Å². The summed E-state index contributed by atoms with van der Waals surface area (Å²) in [6.07, 6.45) is 3.63. The molecule has 2 atom stereocenters. The number of esters is 1. The summed E-state index contributed by atoms with van der Waals surface area (Å²) in [7, 11) is 0. The van der Waals surface area contributed by atoms with Gasteiger partial charge < -0.3 is 9.64 Å². The highest BCUT2D eigenvalue weighted by Gasteiger charge is 2.29. The Morgan fingerprint density at radius 3 is 2.24 bits per heavy atom. The molecule has 0 N–H and O–H groups in total. The van der Waals surface area contributed by atoms with Gasteiger partial charge in [-0.05, 0) is 57.4 Å². The van der Waals surface area contributed by atoms with Crippen LogP contribution in [-0.2, 0) is 4.79 Å². The van der Waals surface area contributed by atoms with Gasteiger partial charge >= 0.3 is 5.97 Å². The van der Waals surface area contributed by atoms with Crippen molar-refractivity contribution in [3.05, 3.63) is 29.8 Å². The number of nitrogens with zero attached hydrogens (tertiary/aromatic N) is 1. The molecule has 0 saturated carbocycles. The summed E-state index contributed by atoms with van der Waals surface area (Å²) in [5.74, 6) is 0.272. The van der Waals surface area contributed by atoms with E-state index in [1.165, 1.54) is 6.42 Å². The van der Waals surface area contributed by atoms with E-state index >= 15 is 0 Å². The van der Waals surface area contributed by atoms with Crippen LogP contribution in [0.4, 0.5) is 0 Å². The summed E-state index contributed by atoms with van der Waals surface area (Å²) < 4.78 is 5.12. The highest BCUT2D eigenvalue weighted by molar-refractivity contribution is 5.94. The SMILES string of the molecule is CCC(=O)Oc1ccc(C(=O)N2[C@@H](C)CCC[C@@H]2C)cc1. The molecular weight excluding hydrogens is 266 g/mol. The maximum absolute atomic E-state index is 12.6. The fourth-order valence-electron chi connectivity index (χ4n) is 2.84. The minimum Gasteiger partial charge on any atom is -0.427 e. The highest BCUT2D eigenvalue weighted by atomic mass is 16.5. The number of amides is 1. The summed E-state index contributed by atoms with van der Waals surface area (Å²) in [5.41, 5.74) is 0.645. The van der Waals surface area contributed by atoms with E-state index in [-0.39, 0.29) is 24.0 Å². The topological polar surface area (TPSA) is 46.6 Å². The number of piperidine rings is 1. The molecular formula is C17H23NO3. The van der Waals surface area contributed by atoms with Crippen molar-refractivity contribution in [2.45, 2.75) is 58.5 Å². The van der Waals surface area contributed by atoms with Crippen LogP contribution < -0.4 is 4.74 Å². The lowest BCUT2D eigenvalue weighted by atomic mass is 9.96. The molecule has 1 fully saturated rings. The third-order valence-corrected chi connectivity index (χ3v) is 4.05. The minimum atomic E-state index is -0.271. The Bertz CT molecular complexity index is 499. The van der Waals surface area contributed by atoms with Gasteiger partial charge in [-0.1, -0.05) is 6.92 Å². The predicted octanol–water partition coefficient (Wildman–Crippen LogP) is 3.41. The molecule has 21 heavy (non-hydrogen) atoms. The van der Waals surface area contributed by atoms with Crippen LogP contribution in [0.5, 0.6) is 5.75 Å². The minimum absolute atomic E-state index is 0.0584. The molecule has 1 amide bonds. The molecule has 0 aliphatic carbocycles. The van der Waals surface area contributed by atoms with Crippen molar-refractivity contribution >= 4 is 11.9 Å². The fourth-order valence-corrected chi connectivity index (χ4v) is 2.84. The van der Waals surface area contributed by atoms with Crippen LogP contribution in [0.15, 0.2) is 24.3 Å². The lowest BCUT2D eigenvalue weighted by molar-refractivity contribution is -0.134. The van der Waals surface area contributed by atoms with Gasteiger partial charge in [0.1, 0.15) is 5.75 Å². The molecule has 1 aliphatic heterocycles. The first-order chi connectivity index (χ1) is 10.0. The molecule has 4 nitrogen and oxygen atoms in total. The van der Waals surface area contributed by atoms with E-state index in [0.717, 1.165) is 12.8 Å². The van der Waals surface area contributed by atoms with Crippen LogP contribution >= 0.6 is 0 Å². The Hall–Kier alpha value is -1.84. The summed E-state index contributed by atoms with van der Waals surface area (Å²) in [5, 5.41) is 0. The van der Waals surface area contributed by atoms with Gasteiger partial charge in [-0.3, -0.25) is 9.59 Å². The van der Waals surface area contributed by atoms with Gasteiger partial charge in [-0.2, -0.15) is 0 Å². The van der Waals surface area contributed by atoms with Crippen molar-refractivity contribution in [3.63, 3.8) is 0 Å². The van der Waals surface area contributed by atoms with E-state index in [9.17, 15) is 9.59 Å². The van der Waals surface area contributed by atoms with Crippen molar-refractivity contribution in [1.82, 2.24) is 4.90 Å². The third kappa shape index (κ3) is 3.63. The van der Waals surface area contributed by atoms with Gasteiger partial charge in [-0.25, -0.2) is 0 Å². The lowest BCUT2D eigenvalue weighted by Crippen LogP contribution is -2.47. The number of hydrogen-bond acceptors (Lipinski definition) is 3. The molecule has 4 heteroatoms. The molecule has 1 aromatic rings. The van der Waals surface area contributed by atoms with Crippen LogP contribution in [0, 0.1) is 0 Å². The highest BCUT2D eigenvalue weighted by Crippen LogP contribution is 2.25. The van der Waals surface area contributed by atoms with Crippen molar-refractivity contribution in [2.75, 3.05) is 0 Å². The van der Waals surface area contributed by atoms with E-state index in [4.69, 9.17) is 4.74 Å². The Labute approximate surface area is 126 Å². The second kappa shape index (κ2) is 6.74. The molecule has 114 valence electrons. The number of ether oxygens (including phenoxy) is 1. The van der Waals surface area contributed by atoms with Gasteiger partial charge in [-0.15, -0.1) is 0 Å². The van der Waals surface area contributed by atoms with Crippen LogP contribution in [0.25, 0.3) is 0 Å².